The average Bonchev–Trinajstić information content (AvgIpc) is 2.79. The largest absolute Gasteiger partial charge is 0.315 e. The van der Waals surface area contributed by atoms with E-state index in [0.717, 1.165) is 19.0 Å². The molecular formula is C11H19N3S. The van der Waals surface area contributed by atoms with Gasteiger partial charge in [-0.1, -0.05) is 0 Å². The van der Waals surface area contributed by atoms with Gasteiger partial charge < -0.3 is 5.32 Å². The zero-order valence-electron chi connectivity index (χ0n) is 9.06. The number of nitrogens with zero attached hydrogens (tertiary/aromatic N) is 2. The van der Waals surface area contributed by atoms with Crippen molar-refractivity contribution in [1.82, 2.24) is 15.1 Å². The van der Waals surface area contributed by atoms with E-state index < -0.39 is 0 Å². The third kappa shape index (κ3) is 3.87. The minimum atomic E-state index is 0.906. The fourth-order valence-electron chi connectivity index (χ4n) is 1.88. The predicted molar refractivity (Wildman–Crippen MR) is 65.1 cm³/mol. The van der Waals surface area contributed by atoms with E-state index in [1.165, 1.54) is 30.9 Å². The van der Waals surface area contributed by atoms with E-state index in [9.17, 15) is 0 Å². The van der Waals surface area contributed by atoms with Crippen LogP contribution in [-0.4, -0.2) is 34.4 Å². The molecule has 1 fully saturated rings. The molecule has 1 aliphatic rings. The monoisotopic (exact) mass is 225 g/mol. The standard InChI is InChI=1S/C11H19N3S/c1-4-13-14(6-1)7-5-12-10-11-2-8-15-9-3-11/h1,4,6,11-12H,2-3,5,7-10H2. The fraction of sp³-hybridized carbons (Fsp3) is 0.727. The summed E-state index contributed by atoms with van der Waals surface area (Å²) in [6, 6.07) is 1.97. The molecule has 1 aromatic heterocycles. The van der Waals surface area contributed by atoms with Crippen LogP contribution in [0.25, 0.3) is 0 Å². The Morgan fingerprint density at radius 2 is 2.27 bits per heavy atom. The van der Waals surface area contributed by atoms with Gasteiger partial charge in [0.15, 0.2) is 0 Å². The minimum absolute atomic E-state index is 0.906. The summed E-state index contributed by atoms with van der Waals surface area (Å²) in [5, 5.41) is 7.70. The summed E-state index contributed by atoms with van der Waals surface area (Å²) < 4.78 is 1.98. The van der Waals surface area contributed by atoms with Crippen molar-refractivity contribution in [1.29, 1.82) is 0 Å². The Balaban J connectivity index is 1.54. The van der Waals surface area contributed by atoms with E-state index >= 15 is 0 Å². The number of nitrogens with one attached hydrogen (secondary N) is 1. The van der Waals surface area contributed by atoms with Crippen LogP contribution in [0.15, 0.2) is 18.5 Å². The van der Waals surface area contributed by atoms with Crippen molar-refractivity contribution in [2.24, 2.45) is 5.92 Å². The number of rotatable bonds is 5. The molecule has 2 heterocycles. The second-order valence-electron chi connectivity index (χ2n) is 4.03. The van der Waals surface area contributed by atoms with Gasteiger partial charge >= 0.3 is 0 Å². The third-order valence-electron chi connectivity index (χ3n) is 2.85. The van der Waals surface area contributed by atoms with Crippen molar-refractivity contribution in [3.05, 3.63) is 18.5 Å². The lowest BCUT2D eigenvalue weighted by molar-refractivity contribution is 0.435. The van der Waals surface area contributed by atoms with Crippen molar-refractivity contribution in [3.8, 4) is 0 Å². The summed E-state index contributed by atoms with van der Waals surface area (Å²) in [5.41, 5.74) is 0. The molecule has 4 heteroatoms. The van der Waals surface area contributed by atoms with Crippen molar-refractivity contribution in [2.45, 2.75) is 19.4 Å². The van der Waals surface area contributed by atoms with Gasteiger partial charge in [-0.2, -0.15) is 16.9 Å². The number of hydrogen-bond acceptors (Lipinski definition) is 3. The molecule has 2 rings (SSSR count). The van der Waals surface area contributed by atoms with Gasteiger partial charge in [0.05, 0.1) is 6.54 Å². The topological polar surface area (TPSA) is 29.9 Å². The summed E-state index contributed by atoms with van der Waals surface area (Å²) >= 11 is 2.09. The van der Waals surface area contributed by atoms with E-state index in [1.54, 1.807) is 0 Å². The molecule has 1 N–H and O–H groups in total. The Bertz CT molecular complexity index is 255. The highest BCUT2D eigenvalue weighted by Gasteiger charge is 2.12. The molecule has 0 unspecified atom stereocenters. The smallest absolute Gasteiger partial charge is 0.0533 e. The molecule has 1 saturated heterocycles. The average molecular weight is 225 g/mol. The molecule has 0 bridgehead atoms. The lowest BCUT2D eigenvalue weighted by Crippen LogP contribution is -2.28. The van der Waals surface area contributed by atoms with Crippen LogP contribution in [0.2, 0.25) is 0 Å². The first-order valence-corrected chi connectivity index (χ1v) is 6.86. The normalized spacial score (nSPS) is 18.1. The number of hydrogen-bond donors (Lipinski definition) is 1. The van der Waals surface area contributed by atoms with Gasteiger partial charge in [0.1, 0.15) is 0 Å². The highest BCUT2D eigenvalue weighted by atomic mass is 32.2. The molecule has 0 saturated carbocycles. The first kappa shape index (κ1) is 11.0. The van der Waals surface area contributed by atoms with E-state index in [0.29, 0.717) is 0 Å². The van der Waals surface area contributed by atoms with Crippen LogP contribution in [0.3, 0.4) is 0 Å². The second kappa shape index (κ2) is 6.18. The molecule has 0 radical (unpaired) electrons. The number of thioether (sulfide) groups is 1. The molecule has 1 aliphatic heterocycles. The van der Waals surface area contributed by atoms with Crippen LogP contribution in [0.4, 0.5) is 0 Å². The van der Waals surface area contributed by atoms with Crippen LogP contribution in [0.1, 0.15) is 12.8 Å². The highest BCUT2D eigenvalue weighted by Crippen LogP contribution is 2.21. The van der Waals surface area contributed by atoms with E-state index in [2.05, 4.69) is 22.2 Å². The third-order valence-corrected chi connectivity index (χ3v) is 3.90. The van der Waals surface area contributed by atoms with Gasteiger partial charge in [-0.25, -0.2) is 0 Å². The van der Waals surface area contributed by atoms with Crippen LogP contribution in [0.5, 0.6) is 0 Å². The Labute approximate surface area is 95.6 Å². The van der Waals surface area contributed by atoms with Crippen molar-refractivity contribution in [3.63, 3.8) is 0 Å². The Kier molecular flexibility index (Phi) is 4.54. The lowest BCUT2D eigenvalue weighted by Gasteiger charge is -2.21. The van der Waals surface area contributed by atoms with Crippen molar-refractivity contribution in [2.75, 3.05) is 24.6 Å². The zero-order valence-corrected chi connectivity index (χ0v) is 9.88. The van der Waals surface area contributed by atoms with Gasteiger partial charge in [0.25, 0.3) is 0 Å². The Hall–Kier alpha value is -0.480. The fourth-order valence-corrected chi connectivity index (χ4v) is 3.09. The SMILES string of the molecule is c1cnn(CCNCC2CCSCC2)c1. The first-order valence-electron chi connectivity index (χ1n) is 5.71. The van der Waals surface area contributed by atoms with Gasteiger partial charge in [-0.15, -0.1) is 0 Å². The Morgan fingerprint density at radius 3 is 3.00 bits per heavy atom. The first-order chi connectivity index (χ1) is 7.45. The molecule has 0 aromatic carbocycles. The zero-order chi connectivity index (χ0) is 10.3. The summed E-state index contributed by atoms with van der Waals surface area (Å²) in [6.07, 6.45) is 6.62. The molecule has 0 spiro atoms. The Morgan fingerprint density at radius 1 is 1.40 bits per heavy atom. The lowest BCUT2D eigenvalue weighted by atomic mass is 10.0. The van der Waals surface area contributed by atoms with Gasteiger partial charge in [-0.3, -0.25) is 4.68 Å². The van der Waals surface area contributed by atoms with E-state index in [1.807, 2.05) is 23.1 Å². The van der Waals surface area contributed by atoms with Crippen LogP contribution in [-0.2, 0) is 6.54 Å². The maximum atomic E-state index is 4.17. The maximum absolute atomic E-state index is 4.17. The molecule has 15 heavy (non-hydrogen) atoms. The predicted octanol–water partition coefficient (Wildman–Crippen LogP) is 1.62. The number of aromatic nitrogens is 2. The molecular weight excluding hydrogens is 206 g/mol. The van der Waals surface area contributed by atoms with Crippen molar-refractivity contribution >= 4 is 11.8 Å². The molecule has 84 valence electrons. The summed E-state index contributed by atoms with van der Waals surface area (Å²) in [7, 11) is 0. The maximum Gasteiger partial charge on any atom is 0.0533 e. The second-order valence-corrected chi connectivity index (χ2v) is 5.25. The van der Waals surface area contributed by atoms with Crippen LogP contribution >= 0.6 is 11.8 Å². The van der Waals surface area contributed by atoms with E-state index in [-0.39, 0.29) is 0 Å². The molecule has 3 nitrogen and oxygen atoms in total. The van der Waals surface area contributed by atoms with Gasteiger partial charge in [0, 0.05) is 18.9 Å². The molecule has 0 aliphatic carbocycles. The molecule has 1 aromatic rings. The van der Waals surface area contributed by atoms with E-state index in [4.69, 9.17) is 0 Å². The van der Waals surface area contributed by atoms with Crippen molar-refractivity contribution < 1.29 is 0 Å². The van der Waals surface area contributed by atoms with Gasteiger partial charge in [0.2, 0.25) is 0 Å². The molecule has 0 amide bonds. The summed E-state index contributed by atoms with van der Waals surface area (Å²) in [5.74, 6) is 3.61. The minimum Gasteiger partial charge on any atom is -0.315 e. The highest BCUT2D eigenvalue weighted by molar-refractivity contribution is 7.99. The van der Waals surface area contributed by atoms with Gasteiger partial charge in [-0.05, 0) is 42.9 Å². The quantitative estimate of drug-likeness (QED) is 0.772. The van der Waals surface area contributed by atoms with Crippen LogP contribution in [0, 0.1) is 5.92 Å². The summed E-state index contributed by atoms with van der Waals surface area (Å²) in [4.78, 5) is 0. The molecule has 0 atom stereocenters. The van der Waals surface area contributed by atoms with Crippen LogP contribution < -0.4 is 5.32 Å². The summed E-state index contributed by atoms with van der Waals surface area (Å²) in [6.45, 7) is 3.20.